The maximum Gasteiger partial charge on any atom is 0.219 e. The molecule has 0 aliphatic carbocycles. The Labute approximate surface area is 125 Å². The van der Waals surface area contributed by atoms with Crippen molar-refractivity contribution in [1.82, 2.24) is 9.88 Å². The van der Waals surface area contributed by atoms with Crippen LogP contribution < -0.4 is 4.90 Å². The largest absolute Gasteiger partial charge is 0.378 e. The first-order valence-electron chi connectivity index (χ1n) is 7.82. The molecule has 5 heteroatoms. The Balaban J connectivity index is 1.91. The second-order valence-corrected chi connectivity index (χ2v) is 5.74. The number of carbonyl (C=O) groups excluding carboxylic acids is 1. The predicted octanol–water partition coefficient (Wildman–Crippen LogP) is 1.99. The molecule has 2 aliphatic rings. The Morgan fingerprint density at radius 2 is 2.10 bits per heavy atom. The molecule has 0 saturated carbocycles. The zero-order valence-electron chi connectivity index (χ0n) is 12.6. The van der Waals surface area contributed by atoms with E-state index in [0.717, 1.165) is 51.5 Å². The number of morpholine rings is 1. The molecule has 1 amide bonds. The Kier molecular flexibility index (Phi) is 4.39. The lowest BCUT2D eigenvalue weighted by atomic mass is 9.95. The molecule has 114 valence electrons. The highest BCUT2D eigenvalue weighted by atomic mass is 16.5. The zero-order valence-corrected chi connectivity index (χ0v) is 12.6. The smallest absolute Gasteiger partial charge is 0.219 e. The van der Waals surface area contributed by atoms with Gasteiger partial charge >= 0.3 is 0 Å². The number of piperidine rings is 1. The van der Waals surface area contributed by atoms with E-state index in [1.807, 2.05) is 17.2 Å². The van der Waals surface area contributed by atoms with Crippen LogP contribution in [0.5, 0.6) is 0 Å². The van der Waals surface area contributed by atoms with Gasteiger partial charge in [0.05, 0.1) is 19.3 Å². The molecule has 0 aromatic carbocycles. The van der Waals surface area contributed by atoms with Crippen molar-refractivity contribution in [3.63, 3.8) is 0 Å². The van der Waals surface area contributed by atoms with Crippen molar-refractivity contribution >= 4 is 11.7 Å². The van der Waals surface area contributed by atoms with Crippen LogP contribution in [0, 0.1) is 0 Å². The van der Waals surface area contributed by atoms with E-state index in [1.54, 1.807) is 6.92 Å². The first-order chi connectivity index (χ1) is 10.3. The second kappa shape index (κ2) is 6.43. The summed E-state index contributed by atoms with van der Waals surface area (Å²) in [6.07, 6.45) is 5.15. The minimum atomic E-state index is 0.163. The van der Waals surface area contributed by atoms with Gasteiger partial charge in [0.1, 0.15) is 5.82 Å². The summed E-state index contributed by atoms with van der Waals surface area (Å²) in [7, 11) is 0. The highest BCUT2D eigenvalue weighted by molar-refractivity contribution is 5.74. The minimum Gasteiger partial charge on any atom is -0.378 e. The molecule has 1 atom stereocenters. The number of likely N-dealkylation sites (tertiary alicyclic amines) is 1. The van der Waals surface area contributed by atoms with Gasteiger partial charge in [-0.25, -0.2) is 4.98 Å². The highest BCUT2D eigenvalue weighted by Gasteiger charge is 2.29. The average Bonchev–Trinajstić information content (AvgIpc) is 2.55. The summed E-state index contributed by atoms with van der Waals surface area (Å²) in [4.78, 5) is 20.8. The quantitative estimate of drug-likeness (QED) is 0.835. The third kappa shape index (κ3) is 3.02. The first-order valence-corrected chi connectivity index (χ1v) is 7.82. The molecule has 0 unspecified atom stereocenters. The average molecular weight is 289 g/mol. The SMILES string of the molecule is CC(=O)N1CCCC[C@@H]1c1cccnc1N1CCOCC1. The Bertz CT molecular complexity index is 500. The van der Waals surface area contributed by atoms with Gasteiger partial charge in [0.25, 0.3) is 0 Å². The molecule has 3 rings (SSSR count). The highest BCUT2D eigenvalue weighted by Crippen LogP contribution is 2.35. The first kappa shape index (κ1) is 14.3. The van der Waals surface area contributed by atoms with Gasteiger partial charge in [-0.1, -0.05) is 6.07 Å². The summed E-state index contributed by atoms with van der Waals surface area (Å²) >= 11 is 0. The van der Waals surface area contributed by atoms with Crippen molar-refractivity contribution < 1.29 is 9.53 Å². The Morgan fingerprint density at radius 1 is 1.29 bits per heavy atom. The zero-order chi connectivity index (χ0) is 14.7. The van der Waals surface area contributed by atoms with Gasteiger partial charge in [0.2, 0.25) is 5.91 Å². The van der Waals surface area contributed by atoms with Crippen molar-refractivity contribution in [2.75, 3.05) is 37.7 Å². The van der Waals surface area contributed by atoms with Crippen molar-refractivity contribution in [2.24, 2.45) is 0 Å². The normalized spacial score (nSPS) is 23.2. The Morgan fingerprint density at radius 3 is 2.86 bits per heavy atom. The molecule has 0 N–H and O–H groups in total. The van der Waals surface area contributed by atoms with Crippen molar-refractivity contribution in [3.8, 4) is 0 Å². The summed E-state index contributed by atoms with van der Waals surface area (Å²) < 4.78 is 5.43. The van der Waals surface area contributed by atoms with Crippen LogP contribution in [0.2, 0.25) is 0 Å². The molecule has 2 aliphatic heterocycles. The van der Waals surface area contributed by atoms with E-state index in [1.165, 1.54) is 12.0 Å². The van der Waals surface area contributed by atoms with E-state index >= 15 is 0 Å². The van der Waals surface area contributed by atoms with Gasteiger partial charge in [-0.3, -0.25) is 4.79 Å². The molecule has 1 aromatic rings. The molecule has 0 radical (unpaired) electrons. The minimum absolute atomic E-state index is 0.163. The molecule has 21 heavy (non-hydrogen) atoms. The topological polar surface area (TPSA) is 45.7 Å². The number of carbonyl (C=O) groups is 1. The summed E-state index contributed by atoms with van der Waals surface area (Å²) in [5.74, 6) is 1.19. The second-order valence-electron chi connectivity index (χ2n) is 5.74. The van der Waals surface area contributed by atoms with Gasteiger partial charge in [-0.05, 0) is 25.3 Å². The van der Waals surface area contributed by atoms with Crippen LogP contribution in [0.25, 0.3) is 0 Å². The van der Waals surface area contributed by atoms with E-state index in [2.05, 4.69) is 16.0 Å². The number of aromatic nitrogens is 1. The molecule has 2 fully saturated rings. The standard InChI is InChI=1S/C16H23N3O2/c1-13(20)19-8-3-2-6-15(19)14-5-4-7-17-16(14)18-9-11-21-12-10-18/h4-5,7,15H,2-3,6,8-12H2,1H3/t15-/m1/s1. The molecule has 5 nitrogen and oxygen atoms in total. The van der Waals surface area contributed by atoms with Gasteiger partial charge in [-0.2, -0.15) is 0 Å². The number of pyridine rings is 1. The molecule has 1 aromatic heterocycles. The lowest BCUT2D eigenvalue weighted by Crippen LogP contribution is -2.40. The predicted molar refractivity (Wildman–Crippen MR) is 81.2 cm³/mol. The molecule has 2 saturated heterocycles. The number of hydrogen-bond donors (Lipinski definition) is 0. The van der Waals surface area contributed by atoms with Gasteiger partial charge < -0.3 is 14.5 Å². The third-order valence-electron chi connectivity index (χ3n) is 4.39. The number of hydrogen-bond acceptors (Lipinski definition) is 4. The maximum atomic E-state index is 11.9. The summed E-state index contributed by atoms with van der Waals surface area (Å²) in [5, 5.41) is 0. The number of rotatable bonds is 2. The summed E-state index contributed by atoms with van der Waals surface area (Å²) in [6.45, 7) is 5.77. The summed E-state index contributed by atoms with van der Waals surface area (Å²) in [5.41, 5.74) is 1.19. The maximum absolute atomic E-state index is 11.9. The van der Waals surface area contributed by atoms with Crippen molar-refractivity contribution in [3.05, 3.63) is 23.9 Å². The van der Waals surface area contributed by atoms with Gasteiger partial charge in [0, 0.05) is 38.3 Å². The van der Waals surface area contributed by atoms with Crippen LogP contribution in [-0.4, -0.2) is 48.6 Å². The van der Waals surface area contributed by atoms with Crippen molar-refractivity contribution in [2.45, 2.75) is 32.2 Å². The van der Waals surface area contributed by atoms with Gasteiger partial charge in [0.15, 0.2) is 0 Å². The van der Waals surface area contributed by atoms with Crippen LogP contribution in [-0.2, 0) is 9.53 Å². The van der Waals surface area contributed by atoms with Crippen LogP contribution in [0.15, 0.2) is 18.3 Å². The number of nitrogens with zero attached hydrogens (tertiary/aromatic N) is 3. The lowest BCUT2D eigenvalue weighted by Gasteiger charge is -2.38. The van der Waals surface area contributed by atoms with Crippen LogP contribution in [0.4, 0.5) is 5.82 Å². The molecular formula is C16H23N3O2. The van der Waals surface area contributed by atoms with Crippen LogP contribution in [0.1, 0.15) is 37.8 Å². The van der Waals surface area contributed by atoms with Crippen molar-refractivity contribution in [1.29, 1.82) is 0 Å². The summed E-state index contributed by atoms with van der Waals surface area (Å²) in [6, 6.07) is 4.28. The number of ether oxygens (including phenoxy) is 1. The monoisotopic (exact) mass is 289 g/mol. The number of amides is 1. The molecule has 3 heterocycles. The molecule has 0 spiro atoms. The fourth-order valence-corrected chi connectivity index (χ4v) is 3.34. The van der Waals surface area contributed by atoms with Crippen LogP contribution in [0.3, 0.4) is 0 Å². The van der Waals surface area contributed by atoms with E-state index in [4.69, 9.17) is 4.74 Å². The number of anilines is 1. The van der Waals surface area contributed by atoms with E-state index in [0.29, 0.717) is 0 Å². The fraction of sp³-hybridized carbons (Fsp3) is 0.625. The Hall–Kier alpha value is -1.62. The fourth-order valence-electron chi connectivity index (χ4n) is 3.34. The molecule has 0 bridgehead atoms. The molecular weight excluding hydrogens is 266 g/mol. The van der Waals surface area contributed by atoms with E-state index in [9.17, 15) is 4.79 Å². The van der Waals surface area contributed by atoms with Crippen LogP contribution >= 0.6 is 0 Å². The van der Waals surface area contributed by atoms with E-state index in [-0.39, 0.29) is 11.9 Å². The van der Waals surface area contributed by atoms with E-state index < -0.39 is 0 Å². The van der Waals surface area contributed by atoms with Gasteiger partial charge in [-0.15, -0.1) is 0 Å². The third-order valence-corrected chi connectivity index (χ3v) is 4.39. The lowest BCUT2D eigenvalue weighted by molar-refractivity contribution is -0.132.